The minimum absolute atomic E-state index is 0.294. The van der Waals surface area contributed by atoms with Crippen molar-refractivity contribution in [2.45, 2.75) is 25.8 Å². The predicted octanol–water partition coefficient (Wildman–Crippen LogP) is 4.65. The highest BCUT2D eigenvalue weighted by Crippen LogP contribution is 2.26. The van der Waals surface area contributed by atoms with Gasteiger partial charge in [-0.1, -0.05) is 23.2 Å². The zero-order valence-corrected chi connectivity index (χ0v) is 17.6. The molecule has 6 nitrogen and oxygen atoms in total. The lowest BCUT2D eigenvalue weighted by molar-refractivity contribution is -0.119. The second-order valence-electron chi connectivity index (χ2n) is 7.26. The van der Waals surface area contributed by atoms with Crippen LogP contribution in [0.4, 0.5) is 5.69 Å². The number of fused-ring (bicyclic) bond motifs is 1. The normalized spacial score (nSPS) is 16.1. The fraction of sp³-hybridized carbons (Fsp3) is 0.227. The summed E-state index contributed by atoms with van der Waals surface area (Å²) in [6.45, 7) is 2.29. The molecule has 1 aliphatic rings. The number of hydrogen-bond donors (Lipinski definition) is 1. The number of benzene rings is 2. The molecule has 1 unspecified atom stereocenters. The van der Waals surface area contributed by atoms with Crippen molar-refractivity contribution in [2.75, 3.05) is 11.9 Å². The van der Waals surface area contributed by atoms with Gasteiger partial charge in [-0.25, -0.2) is 4.79 Å². The Kier molecular flexibility index (Phi) is 5.54. The van der Waals surface area contributed by atoms with E-state index in [4.69, 9.17) is 27.6 Å². The molecule has 1 aromatic heterocycles. The maximum Gasteiger partial charge on any atom is 0.336 e. The van der Waals surface area contributed by atoms with E-state index in [-0.39, 0.29) is 11.8 Å². The molecular weight excluding hydrogens is 427 g/mol. The van der Waals surface area contributed by atoms with Crippen LogP contribution in [0, 0.1) is 6.92 Å². The van der Waals surface area contributed by atoms with Crippen LogP contribution in [0.5, 0.6) is 0 Å². The molecule has 8 heteroatoms. The number of likely N-dealkylation sites (tertiary alicyclic amines) is 1. The molecule has 0 bridgehead atoms. The summed E-state index contributed by atoms with van der Waals surface area (Å²) in [6.07, 6.45) is 1.26. The van der Waals surface area contributed by atoms with E-state index in [9.17, 15) is 14.4 Å². The number of hydrogen-bond acceptors (Lipinski definition) is 4. The minimum Gasteiger partial charge on any atom is -0.423 e. The lowest BCUT2D eigenvalue weighted by atomic mass is 10.1. The Morgan fingerprint density at radius 3 is 2.57 bits per heavy atom. The van der Waals surface area contributed by atoms with Gasteiger partial charge in [0.2, 0.25) is 5.91 Å². The van der Waals surface area contributed by atoms with E-state index in [0.717, 1.165) is 10.9 Å². The number of aryl methyl sites for hydroxylation is 1. The van der Waals surface area contributed by atoms with E-state index < -0.39 is 11.7 Å². The summed E-state index contributed by atoms with van der Waals surface area (Å²) in [5.41, 5.74) is 1.58. The fourth-order valence-electron chi connectivity index (χ4n) is 3.75. The largest absolute Gasteiger partial charge is 0.423 e. The van der Waals surface area contributed by atoms with Gasteiger partial charge in [0, 0.05) is 45.4 Å². The maximum atomic E-state index is 12.9. The molecule has 1 saturated heterocycles. The maximum absolute atomic E-state index is 12.9. The monoisotopic (exact) mass is 444 g/mol. The van der Waals surface area contributed by atoms with Crippen molar-refractivity contribution in [1.82, 2.24) is 4.90 Å². The molecule has 0 aliphatic carbocycles. The first-order chi connectivity index (χ1) is 14.3. The third kappa shape index (κ3) is 4.06. The molecule has 1 aliphatic heterocycles. The van der Waals surface area contributed by atoms with Crippen LogP contribution in [0.2, 0.25) is 10.0 Å². The van der Waals surface area contributed by atoms with Gasteiger partial charge in [0.1, 0.15) is 11.6 Å². The Bertz CT molecular complexity index is 1200. The standard InChI is InChI=1S/C22H18Cl2N2O4/c1-12-7-20(27)30-19-11-16(4-5-17(12)19)25-21(28)18-3-2-6-26(18)22(29)13-8-14(23)10-15(24)9-13/h4-5,7-11,18H,2-3,6H2,1H3,(H,25,28). The van der Waals surface area contributed by atoms with Crippen molar-refractivity contribution in [2.24, 2.45) is 0 Å². The molecule has 0 radical (unpaired) electrons. The fourth-order valence-corrected chi connectivity index (χ4v) is 4.28. The summed E-state index contributed by atoms with van der Waals surface area (Å²) >= 11 is 12.0. The van der Waals surface area contributed by atoms with Gasteiger partial charge < -0.3 is 14.6 Å². The van der Waals surface area contributed by atoms with Crippen LogP contribution in [0.15, 0.2) is 51.7 Å². The molecule has 2 aromatic carbocycles. The van der Waals surface area contributed by atoms with Crippen LogP contribution in [0.1, 0.15) is 28.8 Å². The Morgan fingerprint density at radius 1 is 1.10 bits per heavy atom. The van der Waals surface area contributed by atoms with Crippen molar-refractivity contribution in [3.63, 3.8) is 0 Å². The molecule has 0 saturated carbocycles. The van der Waals surface area contributed by atoms with E-state index in [2.05, 4.69) is 5.32 Å². The van der Waals surface area contributed by atoms with E-state index in [1.807, 2.05) is 6.92 Å². The summed E-state index contributed by atoms with van der Waals surface area (Å²) < 4.78 is 5.23. The zero-order chi connectivity index (χ0) is 21.4. The van der Waals surface area contributed by atoms with E-state index >= 15 is 0 Å². The molecular formula is C22H18Cl2N2O4. The Hall–Kier alpha value is -2.83. The molecule has 4 rings (SSSR count). The van der Waals surface area contributed by atoms with Crippen LogP contribution in [0.25, 0.3) is 11.0 Å². The number of halogens is 2. The molecule has 0 spiro atoms. The molecule has 2 amide bonds. The number of nitrogens with one attached hydrogen (secondary N) is 1. The Balaban J connectivity index is 1.56. The summed E-state index contributed by atoms with van der Waals surface area (Å²) in [7, 11) is 0. The predicted molar refractivity (Wildman–Crippen MR) is 116 cm³/mol. The van der Waals surface area contributed by atoms with Gasteiger partial charge in [-0.2, -0.15) is 0 Å². The third-order valence-corrected chi connectivity index (χ3v) is 5.58. The van der Waals surface area contributed by atoms with Gasteiger partial charge in [0.05, 0.1) is 0 Å². The Labute approximate surface area is 182 Å². The number of nitrogens with zero attached hydrogens (tertiary/aromatic N) is 1. The van der Waals surface area contributed by atoms with Crippen molar-refractivity contribution >= 4 is 51.7 Å². The van der Waals surface area contributed by atoms with Crippen molar-refractivity contribution < 1.29 is 14.0 Å². The highest BCUT2D eigenvalue weighted by Gasteiger charge is 2.34. The number of rotatable bonds is 3. The molecule has 3 aromatic rings. The average molecular weight is 445 g/mol. The van der Waals surface area contributed by atoms with Crippen LogP contribution < -0.4 is 10.9 Å². The molecule has 1 fully saturated rings. The van der Waals surface area contributed by atoms with E-state index in [1.54, 1.807) is 24.3 Å². The topological polar surface area (TPSA) is 79.6 Å². The smallest absolute Gasteiger partial charge is 0.336 e. The lowest BCUT2D eigenvalue weighted by Gasteiger charge is -2.24. The zero-order valence-electron chi connectivity index (χ0n) is 16.1. The molecule has 2 heterocycles. The SMILES string of the molecule is Cc1cc(=O)oc2cc(NC(=O)C3CCCN3C(=O)c3cc(Cl)cc(Cl)c3)ccc12. The molecule has 1 atom stereocenters. The second kappa shape index (κ2) is 8.13. The number of amides is 2. The van der Waals surface area contributed by atoms with Gasteiger partial charge in [-0.3, -0.25) is 9.59 Å². The highest BCUT2D eigenvalue weighted by molar-refractivity contribution is 6.35. The minimum atomic E-state index is -0.615. The van der Waals surface area contributed by atoms with Gasteiger partial charge >= 0.3 is 5.63 Å². The highest BCUT2D eigenvalue weighted by atomic mass is 35.5. The first kappa shape index (κ1) is 20.4. The first-order valence-corrected chi connectivity index (χ1v) is 10.2. The van der Waals surface area contributed by atoms with Gasteiger partial charge in [-0.05, 0) is 55.7 Å². The summed E-state index contributed by atoms with van der Waals surface area (Å²) in [5, 5.41) is 4.34. The van der Waals surface area contributed by atoms with Crippen molar-refractivity contribution in [3.8, 4) is 0 Å². The second-order valence-corrected chi connectivity index (χ2v) is 8.14. The summed E-state index contributed by atoms with van der Waals surface area (Å²) in [6, 6.07) is 10.6. The van der Waals surface area contributed by atoms with E-state index in [1.165, 1.54) is 23.1 Å². The summed E-state index contributed by atoms with van der Waals surface area (Å²) in [4.78, 5) is 39.0. The third-order valence-electron chi connectivity index (χ3n) is 5.14. The lowest BCUT2D eigenvalue weighted by Crippen LogP contribution is -2.43. The summed E-state index contributed by atoms with van der Waals surface area (Å²) in [5.74, 6) is -0.597. The molecule has 1 N–H and O–H groups in total. The quantitative estimate of drug-likeness (QED) is 0.596. The first-order valence-electron chi connectivity index (χ1n) is 9.44. The van der Waals surface area contributed by atoms with Gasteiger partial charge in [0.25, 0.3) is 5.91 Å². The number of carbonyl (C=O) groups is 2. The molecule has 154 valence electrons. The van der Waals surface area contributed by atoms with Gasteiger partial charge in [0.15, 0.2) is 0 Å². The van der Waals surface area contributed by atoms with Crippen LogP contribution in [-0.2, 0) is 4.79 Å². The number of anilines is 1. The van der Waals surface area contributed by atoms with Crippen LogP contribution in [0.3, 0.4) is 0 Å². The van der Waals surface area contributed by atoms with Crippen LogP contribution in [-0.4, -0.2) is 29.3 Å². The van der Waals surface area contributed by atoms with Crippen LogP contribution >= 0.6 is 23.2 Å². The average Bonchev–Trinajstić information content (AvgIpc) is 3.16. The van der Waals surface area contributed by atoms with Crippen molar-refractivity contribution in [3.05, 3.63) is 74.1 Å². The van der Waals surface area contributed by atoms with Crippen molar-refractivity contribution in [1.29, 1.82) is 0 Å². The molecule has 30 heavy (non-hydrogen) atoms. The number of carbonyl (C=O) groups excluding carboxylic acids is 2. The van der Waals surface area contributed by atoms with E-state index in [0.29, 0.717) is 46.3 Å². The Morgan fingerprint density at radius 2 is 1.83 bits per heavy atom. The van der Waals surface area contributed by atoms with Gasteiger partial charge in [-0.15, -0.1) is 0 Å².